The normalized spacial score (nSPS) is 10.4. The second-order valence-corrected chi connectivity index (χ2v) is 3.85. The molecule has 0 unspecified atom stereocenters. The highest BCUT2D eigenvalue weighted by atomic mass is 16.5. The highest BCUT2D eigenvalue weighted by Crippen LogP contribution is 2.26. The first-order chi connectivity index (χ1) is 11.1. The zero-order valence-electron chi connectivity index (χ0n) is 14.1. The molecule has 0 saturated carbocycles. The Morgan fingerprint density at radius 2 is 1.43 bits per heavy atom. The van der Waals surface area contributed by atoms with E-state index in [1.165, 1.54) is 0 Å². The molecule has 0 saturated heterocycles. The van der Waals surface area contributed by atoms with Gasteiger partial charge >= 0.3 is 0 Å². The molecule has 2 rings (SSSR count). The fourth-order valence-electron chi connectivity index (χ4n) is 1.73. The Morgan fingerprint density at radius 3 is 1.76 bits per heavy atom. The Bertz CT molecular complexity index is 630. The number of carbonyl (C=O) groups excluding carboxylic acids is 1. The molecule has 0 aliphatic carbocycles. The molecule has 0 atom stereocenters. The van der Waals surface area contributed by atoms with Gasteiger partial charge in [0.25, 0.3) is 0 Å². The van der Waals surface area contributed by atoms with Crippen LogP contribution in [0.3, 0.4) is 0 Å². The predicted octanol–water partition coefficient (Wildman–Crippen LogP) is 4.05. The van der Waals surface area contributed by atoms with Gasteiger partial charge in [0.05, 0.1) is 16.0 Å². The van der Waals surface area contributed by atoms with Gasteiger partial charge < -0.3 is 9.47 Å². The second-order valence-electron chi connectivity index (χ2n) is 3.85. The van der Waals surface area contributed by atoms with Crippen LogP contribution in [0.4, 0.5) is 0 Å². The summed E-state index contributed by atoms with van der Waals surface area (Å²) < 4.78 is 26.5. The maximum Gasteiger partial charge on any atom is 0.231 e. The molecular formula is C17H19NO3. The fraction of sp³-hybridized carbons (Fsp3) is 0.235. The summed E-state index contributed by atoms with van der Waals surface area (Å²) >= 11 is 0. The molecule has 0 fully saturated rings. The van der Waals surface area contributed by atoms with Crippen LogP contribution in [0.1, 0.15) is 16.6 Å². The number of hydrogen-bond donors (Lipinski definition) is 1. The first-order valence-electron chi connectivity index (χ1n) is 7.58. The standard InChI is InChI=1S/C16H18O2.CHNO/c1-3-17-15-9-5-7-13(11-15)14-8-6-10-16(12-14)18-4-2;2-1-3/h5-12H,3-4H2,1-2H3;2H/i9D,10D;. The lowest BCUT2D eigenvalue weighted by Gasteiger charge is -2.08. The largest absolute Gasteiger partial charge is 0.494 e. The van der Waals surface area contributed by atoms with Crippen LogP contribution in [-0.2, 0) is 4.79 Å². The molecule has 0 radical (unpaired) electrons. The summed E-state index contributed by atoms with van der Waals surface area (Å²) in [6.07, 6.45) is 0.750. The van der Waals surface area contributed by atoms with Gasteiger partial charge in [-0.3, -0.25) is 0 Å². The van der Waals surface area contributed by atoms with Gasteiger partial charge in [-0.2, -0.15) is 0 Å². The lowest BCUT2D eigenvalue weighted by molar-refractivity contribution is 0.339. The molecule has 0 aliphatic heterocycles. The van der Waals surface area contributed by atoms with Crippen molar-refractivity contribution in [3.63, 3.8) is 0 Å². The molecule has 2 aromatic carbocycles. The van der Waals surface area contributed by atoms with Gasteiger partial charge in [0.2, 0.25) is 6.08 Å². The van der Waals surface area contributed by atoms with Gasteiger partial charge in [0.1, 0.15) is 11.5 Å². The summed E-state index contributed by atoms with van der Waals surface area (Å²) in [6, 6.07) is 11.6. The Labute approximate surface area is 127 Å². The summed E-state index contributed by atoms with van der Waals surface area (Å²) in [5.41, 5.74) is 1.90. The third-order valence-corrected chi connectivity index (χ3v) is 2.48. The molecule has 0 amide bonds. The van der Waals surface area contributed by atoms with E-state index in [4.69, 9.17) is 22.4 Å². The van der Waals surface area contributed by atoms with Crippen LogP contribution in [-0.4, -0.2) is 19.3 Å². The van der Waals surface area contributed by atoms with Crippen molar-refractivity contribution in [2.24, 2.45) is 0 Å². The predicted molar refractivity (Wildman–Crippen MR) is 82.6 cm³/mol. The van der Waals surface area contributed by atoms with Crippen molar-refractivity contribution in [1.29, 1.82) is 5.41 Å². The molecule has 110 valence electrons. The molecule has 0 heterocycles. The van der Waals surface area contributed by atoms with Crippen LogP contribution in [0.2, 0.25) is 0 Å². The molecular weight excluding hydrogens is 266 g/mol. The summed E-state index contributed by atoms with van der Waals surface area (Å²) in [6.45, 7) is 4.86. The smallest absolute Gasteiger partial charge is 0.231 e. The van der Waals surface area contributed by atoms with Gasteiger partial charge in [-0.05, 0) is 49.2 Å². The van der Waals surface area contributed by atoms with Crippen molar-refractivity contribution in [2.75, 3.05) is 13.2 Å². The molecule has 0 bridgehead atoms. The van der Waals surface area contributed by atoms with Gasteiger partial charge in [0.15, 0.2) is 0 Å². The molecule has 4 nitrogen and oxygen atoms in total. The molecule has 2 aromatic rings. The van der Waals surface area contributed by atoms with Crippen LogP contribution in [0.5, 0.6) is 11.5 Å². The lowest BCUT2D eigenvalue weighted by atomic mass is 10.1. The van der Waals surface area contributed by atoms with E-state index in [2.05, 4.69) is 0 Å². The average Bonchev–Trinajstić information content (AvgIpc) is 2.53. The average molecular weight is 287 g/mol. The Kier molecular flexibility index (Phi) is 5.96. The topological polar surface area (TPSA) is 59.4 Å². The summed E-state index contributed by atoms with van der Waals surface area (Å²) in [5, 5.41) is 5.40. The highest BCUT2D eigenvalue weighted by molar-refractivity contribution is 5.66. The monoisotopic (exact) mass is 287 g/mol. The number of nitrogens with one attached hydrogen (secondary N) is 1. The molecule has 1 N–H and O–H groups in total. The van der Waals surface area contributed by atoms with Crippen LogP contribution in [0.15, 0.2) is 48.5 Å². The first-order valence-corrected chi connectivity index (χ1v) is 6.58. The molecule has 0 aromatic heterocycles. The number of isocyanates is 1. The van der Waals surface area contributed by atoms with Crippen LogP contribution in [0.25, 0.3) is 11.1 Å². The van der Waals surface area contributed by atoms with Crippen LogP contribution < -0.4 is 9.47 Å². The van der Waals surface area contributed by atoms with Crippen LogP contribution >= 0.6 is 0 Å². The maximum atomic E-state index is 8.35. The fourth-order valence-corrected chi connectivity index (χ4v) is 1.73. The zero-order chi connectivity index (χ0) is 17.2. The van der Waals surface area contributed by atoms with E-state index < -0.39 is 0 Å². The minimum Gasteiger partial charge on any atom is -0.494 e. The Hall–Kier alpha value is -2.58. The van der Waals surface area contributed by atoms with E-state index in [0.717, 1.165) is 17.2 Å². The third kappa shape index (κ3) is 5.51. The van der Waals surface area contributed by atoms with Crippen molar-refractivity contribution in [3.8, 4) is 22.6 Å². The van der Waals surface area contributed by atoms with Crippen molar-refractivity contribution >= 4 is 6.08 Å². The third-order valence-electron chi connectivity index (χ3n) is 2.48. The van der Waals surface area contributed by atoms with E-state index in [1.807, 2.05) is 38.1 Å². The quantitative estimate of drug-likeness (QED) is 0.666. The van der Waals surface area contributed by atoms with Gasteiger partial charge in [-0.25, -0.2) is 10.2 Å². The van der Waals surface area contributed by atoms with Crippen LogP contribution in [0, 0.1) is 5.41 Å². The minimum atomic E-state index is 0.373. The number of ether oxygens (including phenoxy) is 2. The van der Waals surface area contributed by atoms with E-state index in [-0.39, 0.29) is 0 Å². The van der Waals surface area contributed by atoms with Crippen molar-refractivity contribution in [1.82, 2.24) is 0 Å². The second kappa shape index (κ2) is 9.34. The Morgan fingerprint density at radius 1 is 1.05 bits per heavy atom. The van der Waals surface area contributed by atoms with E-state index in [9.17, 15) is 0 Å². The first kappa shape index (κ1) is 13.4. The molecule has 21 heavy (non-hydrogen) atoms. The van der Waals surface area contributed by atoms with Gasteiger partial charge in [-0.15, -0.1) is 0 Å². The number of benzene rings is 2. The molecule has 0 aliphatic rings. The van der Waals surface area contributed by atoms with E-state index in [1.54, 1.807) is 12.1 Å². The summed E-state index contributed by atoms with van der Waals surface area (Å²) in [7, 11) is 0. The van der Waals surface area contributed by atoms with Crippen molar-refractivity contribution < 1.29 is 17.0 Å². The molecule has 0 spiro atoms. The van der Waals surface area contributed by atoms with E-state index >= 15 is 0 Å². The SMILES string of the molecule is N=C=O.[2H]c1ccc(-c2ccc([2H])c(OCC)c2)cc1OCC. The lowest BCUT2D eigenvalue weighted by Crippen LogP contribution is -1.92. The minimum absolute atomic E-state index is 0.373. The zero-order valence-corrected chi connectivity index (χ0v) is 12.1. The summed E-state index contributed by atoms with van der Waals surface area (Å²) in [4.78, 5) is 8.35. The van der Waals surface area contributed by atoms with E-state index in [0.29, 0.717) is 36.8 Å². The van der Waals surface area contributed by atoms with Gasteiger partial charge in [0, 0.05) is 0 Å². The molecule has 4 heteroatoms. The van der Waals surface area contributed by atoms with Gasteiger partial charge in [-0.1, -0.05) is 24.3 Å². The number of rotatable bonds is 5. The summed E-state index contributed by atoms with van der Waals surface area (Å²) in [5.74, 6) is 1.14. The number of hydrogen-bond acceptors (Lipinski definition) is 4. The Balaban J connectivity index is 0.000000816. The highest BCUT2D eigenvalue weighted by Gasteiger charge is 2.01. The van der Waals surface area contributed by atoms with Crippen molar-refractivity contribution in [2.45, 2.75) is 13.8 Å². The van der Waals surface area contributed by atoms with Crippen molar-refractivity contribution in [3.05, 3.63) is 48.5 Å². The maximum absolute atomic E-state index is 8.35.